The average molecular weight is 279 g/mol. The smallest absolute Gasteiger partial charge is 0.269 e. The van der Waals surface area contributed by atoms with Gasteiger partial charge in [-0.1, -0.05) is 18.7 Å². The van der Waals surface area contributed by atoms with E-state index in [1.807, 2.05) is 6.07 Å². The van der Waals surface area contributed by atoms with Crippen LogP contribution in [0.25, 0.3) is 5.57 Å². The van der Waals surface area contributed by atoms with Crippen molar-refractivity contribution in [2.75, 3.05) is 0 Å². The number of hydrogen-bond donors (Lipinski definition) is 1. The second-order valence-corrected chi connectivity index (χ2v) is 4.54. The molecular formula is C16H13N3O2. The lowest BCUT2D eigenvalue weighted by Gasteiger charge is -2.15. The van der Waals surface area contributed by atoms with Crippen LogP contribution in [0, 0.1) is 21.4 Å². The number of nitrogens with two attached hydrogens (primary N) is 1. The summed E-state index contributed by atoms with van der Waals surface area (Å²) in [4.78, 5) is 10.2. The maximum Gasteiger partial charge on any atom is 0.269 e. The van der Waals surface area contributed by atoms with E-state index in [0.717, 1.165) is 11.1 Å². The molecule has 21 heavy (non-hydrogen) atoms. The molecule has 0 fully saturated rings. The third-order valence-electron chi connectivity index (χ3n) is 3.20. The zero-order chi connectivity index (χ0) is 15.4. The van der Waals surface area contributed by atoms with Crippen molar-refractivity contribution >= 4 is 11.3 Å². The van der Waals surface area contributed by atoms with Crippen LogP contribution in [-0.4, -0.2) is 4.92 Å². The zero-order valence-electron chi connectivity index (χ0n) is 11.2. The molecule has 0 radical (unpaired) electrons. The van der Waals surface area contributed by atoms with Gasteiger partial charge in [-0.3, -0.25) is 10.1 Å². The van der Waals surface area contributed by atoms with Gasteiger partial charge in [0.05, 0.1) is 22.6 Å². The molecule has 0 aliphatic heterocycles. The van der Waals surface area contributed by atoms with Gasteiger partial charge in [-0.25, -0.2) is 0 Å². The monoisotopic (exact) mass is 279 g/mol. The van der Waals surface area contributed by atoms with E-state index in [1.54, 1.807) is 30.3 Å². The van der Waals surface area contributed by atoms with Gasteiger partial charge in [-0.15, -0.1) is 0 Å². The van der Waals surface area contributed by atoms with Gasteiger partial charge in [0.2, 0.25) is 0 Å². The molecule has 0 amide bonds. The molecule has 5 heteroatoms. The van der Waals surface area contributed by atoms with Crippen LogP contribution in [0.3, 0.4) is 0 Å². The van der Waals surface area contributed by atoms with E-state index in [-0.39, 0.29) is 5.69 Å². The molecule has 1 atom stereocenters. The number of benzene rings is 2. The van der Waals surface area contributed by atoms with Crippen LogP contribution in [0.5, 0.6) is 0 Å². The molecule has 0 saturated heterocycles. The quantitative estimate of drug-likeness (QED) is 0.687. The number of nitro groups is 1. The number of nitro benzene ring substituents is 1. The largest absolute Gasteiger partial charge is 0.320 e. The molecule has 5 nitrogen and oxygen atoms in total. The van der Waals surface area contributed by atoms with E-state index in [4.69, 9.17) is 11.0 Å². The van der Waals surface area contributed by atoms with E-state index >= 15 is 0 Å². The summed E-state index contributed by atoms with van der Waals surface area (Å²) in [5.41, 5.74) is 8.84. The fourth-order valence-corrected chi connectivity index (χ4v) is 1.98. The maximum atomic E-state index is 10.6. The van der Waals surface area contributed by atoms with E-state index in [2.05, 4.69) is 12.6 Å². The first-order valence-corrected chi connectivity index (χ1v) is 6.22. The number of nitrogens with zero attached hydrogens (tertiary/aromatic N) is 2. The molecule has 0 bridgehead atoms. The average Bonchev–Trinajstić information content (AvgIpc) is 2.53. The van der Waals surface area contributed by atoms with Gasteiger partial charge in [0.1, 0.15) is 0 Å². The minimum atomic E-state index is -0.472. The van der Waals surface area contributed by atoms with E-state index in [0.29, 0.717) is 11.1 Å². The number of rotatable bonds is 4. The summed E-state index contributed by atoms with van der Waals surface area (Å²) in [6, 6.07) is 14.6. The topological polar surface area (TPSA) is 92.9 Å². The fourth-order valence-electron chi connectivity index (χ4n) is 1.98. The maximum absolute atomic E-state index is 10.6. The van der Waals surface area contributed by atoms with Crippen LogP contribution in [0.15, 0.2) is 55.1 Å². The summed E-state index contributed by atoms with van der Waals surface area (Å²) in [6.45, 7) is 3.95. The van der Waals surface area contributed by atoms with Crippen molar-refractivity contribution in [3.63, 3.8) is 0 Å². The van der Waals surface area contributed by atoms with Gasteiger partial charge in [-0.2, -0.15) is 5.26 Å². The highest BCUT2D eigenvalue weighted by molar-refractivity contribution is 5.70. The highest BCUT2D eigenvalue weighted by atomic mass is 16.6. The Morgan fingerprint density at radius 3 is 2.52 bits per heavy atom. The van der Waals surface area contributed by atoms with Crippen LogP contribution < -0.4 is 5.73 Å². The van der Waals surface area contributed by atoms with Crippen LogP contribution in [0.4, 0.5) is 5.69 Å². The van der Waals surface area contributed by atoms with Gasteiger partial charge in [0.15, 0.2) is 0 Å². The molecule has 0 saturated carbocycles. The van der Waals surface area contributed by atoms with Crippen LogP contribution in [0.2, 0.25) is 0 Å². The predicted octanol–water partition coefficient (Wildman–Crippen LogP) is 3.18. The van der Waals surface area contributed by atoms with Gasteiger partial charge in [-0.05, 0) is 41.0 Å². The number of hydrogen-bond acceptors (Lipinski definition) is 4. The first-order valence-electron chi connectivity index (χ1n) is 6.22. The van der Waals surface area contributed by atoms with Crippen molar-refractivity contribution in [1.82, 2.24) is 0 Å². The summed E-state index contributed by atoms with van der Waals surface area (Å²) in [5, 5.41) is 19.5. The molecular weight excluding hydrogens is 266 g/mol. The number of non-ortho nitro benzene ring substituents is 1. The highest BCUT2D eigenvalue weighted by Gasteiger charge is 2.13. The number of nitriles is 1. The lowest BCUT2D eigenvalue weighted by molar-refractivity contribution is -0.384. The highest BCUT2D eigenvalue weighted by Crippen LogP contribution is 2.28. The summed E-state index contributed by atoms with van der Waals surface area (Å²) >= 11 is 0. The first kappa shape index (κ1) is 14.4. The second-order valence-electron chi connectivity index (χ2n) is 4.54. The molecule has 2 rings (SSSR count). The van der Waals surface area contributed by atoms with Crippen LogP contribution in [-0.2, 0) is 0 Å². The lowest BCUT2D eigenvalue weighted by Crippen LogP contribution is -2.12. The van der Waals surface area contributed by atoms with Crippen LogP contribution >= 0.6 is 0 Å². The van der Waals surface area contributed by atoms with Crippen molar-refractivity contribution in [3.8, 4) is 6.07 Å². The Morgan fingerprint density at radius 2 is 1.95 bits per heavy atom. The fraction of sp³-hybridized carbons (Fsp3) is 0.0625. The Balaban J connectivity index is 2.26. The Bertz CT molecular complexity index is 730. The molecule has 104 valence electrons. The molecule has 0 heterocycles. The zero-order valence-corrected chi connectivity index (χ0v) is 11.2. The van der Waals surface area contributed by atoms with E-state index < -0.39 is 11.0 Å². The molecule has 2 aromatic carbocycles. The SMILES string of the molecule is C=C(c1ccc([N+](=O)[O-])cc1)C(N)c1cccc(C#N)c1. The minimum absolute atomic E-state index is 0.0200. The predicted molar refractivity (Wildman–Crippen MR) is 80.2 cm³/mol. The third kappa shape index (κ3) is 3.14. The van der Waals surface area contributed by atoms with Crippen molar-refractivity contribution < 1.29 is 4.92 Å². The van der Waals surface area contributed by atoms with Gasteiger partial charge < -0.3 is 5.73 Å². The molecule has 0 spiro atoms. The Morgan fingerprint density at radius 1 is 1.29 bits per heavy atom. The third-order valence-corrected chi connectivity index (χ3v) is 3.20. The summed E-state index contributed by atoms with van der Waals surface area (Å²) in [5.74, 6) is 0. The Hall–Kier alpha value is -2.97. The van der Waals surface area contributed by atoms with Crippen molar-refractivity contribution in [2.24, 2.45) is 5.73 Å². The molecule has 0 aromatic heterocycles. The van der Waals surface area contributed by atoms with E-state index in [9.17, 15) is 10.1 Å². The van der Waals surface area contributed by atoms with Crippen molar-refractivity contribution in [1.29, 1.82) is 5.26 Å². The Labute approximate surface area is 122 Å². The van der Waals surface area contributed by atoms with Gasteiger partial charge in [0.25, 0.3) is 5.69 Å². The summed E-state index contributed by atoms with van der Waals surface area (Å²) in [7, 11) is 0. The molecule has 1 unspecified atom stereocenters. The summed E-state index contributed by atoms with van der Waals surface area (Å²) < 4.78 is 0. The Kier molecular flexibility index (Phi) is 4.12. The minimum Gasteiger partial charge on any atom is -0.320 e. The van der Waals surface area contributed by atoms with Crippen molar-refractivity contribution in [3.05, 3.63) is 81.9 Å². The second kappa shape index (κ2) is 5.99. The van der Waals surface area contributed by atoms with Gasteiger partial charge in [0, 0.05) is 12.1 Å². The normalized spacial score (nSPS) is 11.4. The molecule has 2 aromatic rings. The van der Waals surface area contributed by atoms with Crippen LogP contribution in [0.1, 0.15) is 22.7 Å². The molecule has 0 aliphatic rings. The van der Waals surface area contributed by atoms with Gasteiger partial charge >= 0.3 is 0 Å². The lowest BCUT2D eigenvalue weighted by atomic mass is 9.94. The molecule has 2 N–H and O–H groups in total. The van der Waals surface area contributed by atoms with Crippen molar-refractivity contribution in [2.45, 2.75) is 6.04 Å². The summed E-state index contributed by atoms with van der Waals surface area (Å²) in [6.07, 6.45) is 0. The first-order chi connectivity index (χ1) is 10.0. The molecule has 0 aliphatic carbocycles. The standard InChI is InChI=1S/C16H13N3O2/c1-11(13-5-7-15(8-6-13)19(20)21)16(18)14-4-2-3-12(9-14)10-17/h2-9,16H,1,18H2. The van der Waals surface area contributed by atoms with E-state index in [1.165, 1.54) is 12.1 Å².